The number of carbonyl (C=O) groups excluding carboxylic acids is 1. The number of halogens is 1. The Hall–Kier alpha value is -2.19. The van der Waals surface area contributed by atoms with Gasteiger partial charge in [-0.25, -0.2) is 4.39 Å². The van der Waals surface area contributed by atoms with Gasteiger partial charge in [-0.3, -0.25) is 19.4 Å². The van der Waals surface area contributed by atoms with E-state index in [4.69, 9.17) is 4.74 Å². The van der Waals surface area contributed by atoms with Gasteiger partial charge in [-0.05, 0) is 31.0 Å². The van der Waals surface area contributed by atoms with Crippen molar-refractivity contribution in [1.82, 2.24) is 14.7 Å². The Balaban J connectivity index is 1.65. The molecular formula is C19H26FN3O4. The third-order valence-corrected chi connectivity index (χ3v) is 5.31. The Labute approximate surface area is 158 Å². The molecule has 0 aromatic heterocycles. The van der Waals surface area contributed by atoms with Crippen molar-refractivity contribution in [2.24, 2.45) is 0 Å². The lowest BCUT2D eigenvalue weighted by Crippen LogP contribution is -2.51. The quantitative estimate of drug-likeness (QED) is 0.801. The number of carboxylic acid groups (broad SMARTS) is 1. The lowest BCUT2D eigenvalue weighted by atomic mass is 10.0. The standard InChI is InChI=1S/C19H26FN3O4/c1-27-16-5-4-14(20)12-15(16)18(19(25)26)23-10-8-21(9-11-23)13-17(24)22-6-2-3-7-22/h4-5,12,18H,2-3,6-11,13H2,1H3,(H,25,26)/t18-/m1/s1. The number of rotatable bonds is 6. The van der Waals surface area contributed by atoms with Crippen molar-refractivity contribution in [3.8, 4) is 5.75 Å². The first kappa shape index (κ1) is 19.6. The largest absolute Gasteiger partial charge is 0.496 e. The molecule has 0 saturated carbocycles. The van der Waals surface area contributed by atoms with Crippen LogP contribution >= 0.6 is 0 Å². The number of carboxylic acids is 1. The zero-order chi connectivity index (χ0) is 19.4. The van der Waals surface area contributed by atoms with Crippen molar-refractivity contribution < 1.29 is 23.8 Å². The van der Waals surface area contributed by atoms with E-state index in [1.54, 1.807) is 4.90 Å². The number of likely N-dealkylation sites (tertiary alicyclic amines) is 1. The minimum atomic E-state index is -1.04. The van der Waals surface area contributed by atoms with Crippen molar-refractivity contribution in [1.29, 1.82) is 0 Å². The van der Waals surface area contributed by atoms with E-state index in [9.17, 15) is 19.1 Å². The van der Waals surface area contributed by atoms with E-state index in [-0.39, 0.29) is 5.91 Å². The van der Waals surface area contributed by atoms with Gasteiger partial charge in [0.05, 0.1) is 13.7 Å². The molecule has 0 bridgehead atoms. The third-order valence-electron chi connectivity index (χ3n) is 5.31. The van der Waals surface area contributed by atoms with Gasteiger partial charge in [0.15, 0.2) is 0 Å². The Bertz CT molecular complexity index is 686. The van der Waals surface area contributed by atoms with Crippen LogP contribution in [0.15, 0.2) is 18.2 Å². The van der Waals surface area contributed by atoms with Crippen LogP contribution in [0.5, 0.6) is 5.75 Å². The summed E-state index contributed by atoms with van der Waals surface area (Å²) in [7, 11) is 1.44. The van der Waals surface area contributed by atoms with Gasteiger partial charge >= 0.3 is 5.97 Å². The zero-order valence-electron chi connectivity index (χ0n) is 15.6. The molecule has 8 heteroatoms. The summed E-state index contributed by atoms with van der Waals surface area (Å²) in [5.41, 5.74) is 0.312. The van der Waals surface area contributed by atoms with Crippen LogP contribution in [0, 0.1) is 5.82 Å². The molecule has 148 valence electrons. The molecule has 1 aromatic carbocycles. The van der Waals surface area contributed by atoms with E-state index in [2.05, 4.69) is 4.90 Å². The maximum atomic E-state index is 13.7. The SMILES string of the molecule is COc1ccc(F)cc1[C@H](C(=O)O)N1CCN(CC(=O)N2CCCC2)CC1. The lowest BCUT2D eigenvalue weighted by Gasteiger charge is -2.38. The maximum absolute atomic E-state index is 13.7. The van der Waals surface area contributed by atoms with Crippen molar-refractivity contribution >= 4 is 11.9 Å². The fourth-order valence-electron chi connectivity index (χ4n) is 3.84. The molecule has 2 heterocycles. The number of amides is 1. The van der Waals surface area contributed by atoms with Gasteiger partial charge in [0.1, 0.15) is 17.6 Å². The Morgan fingerprint density at radius 1 is 1.15 bits per heavy atom. The topological polar surface area (TPSA) is 73.3 Å². The first-order valence-corrected chi connectivity index (χ1v) is 9.30. The van der Waals surface area contributed by atoms with Crippen LogP contribution in [0.2, 0.25) is 0 Å². The summed E-state index contributed by atoms with van der Waals surface area (Å²) >= 11 is 0. The van der Waals surface area contributed by atoms with Crippen LogP contribution in [-0.2, 0) is 9.59 Å². The second kappa shape index (κ2) is 8.67. The summed E-state index contributed by atoms with van der Waals surface area (Å²) in [6, 6.07) is 2.95. The summed E-state index contributed by atoms with van der Waals surface area (Å²) in [4.78, 5) is 30.0. The van der Waals surface area contributed by atoms with Crippen LogP contribution in [0.1, 0.15) is 24.4 Å². The summed E-state index contributed by atoms with van der Waals surface area (Å²) in [6.07, 6.45) is 2.13. The molecule has 7 nitrogen and oxygen atoms in total. The van der Waals surface area contributed by atoms with Crippen molar-refractivity contribution in [3.63, 3.8) is 0 Å². The van der Waals surface area contributed by atoms with Gasteiger partial charge in [-0.2, -0.15) is 0 Å². The fraction of sp³-hybridized carbons (Fsp3) is 0.579. The predicted molar refractivity (Wildman–Crippen MR) is 97.2 cm³/mol. The molecule has 1 N–H and O–H groups in total. The second-order valence-corrected chi connectivity index (χ2v) is 7.03. The number of hydrogen-bond donors (Lipinski definition) is 1. The van der Waals surface area contributed by atoms with Gasteiger partial charge in [-0.15, -0.1) is 0 Å². The fourth-order valence-corrected chi connectivity index (χ4v) is 3.84. The molecule has 0 spiro atoms. The number of hydrogen-bond acceptors (Lipinski definition) is 5. The highest BCUT2D eigenvalue weighted by molar-refractivity contribution is 5.78. The molecule has 3 rings (SSSR count). The smallest absolute Gasteiger partial charge is 0.325 e. The second-order valence-electron chi connectivity index (χ2n) is 7.03. The van der Waals surface area contributed by atoms with Crippen molar-refractivity contribution in [2.75, 3.05) is 52.9 Å². The van der Waals surface area contributed by atoms with Gasteiger partial charge in [0.2, 0.25) is 5.91 Å². The first-order valence-electron chi connectivity index (χ1n) is 9.30. The monoisotopic (exact) mass is 379 g/mol. The number of methoxy groups -OCH3 is 1. The van der Waals surface area contributed by atoms with Gasteiger partial charge in [0, 0.05) is 44.8 Å². The average Bonchev–Trinajstić information content (AvgIpc) is 3.18. The Morgan fingerprint density at radius 3 is 2.41 bits per heavy atom. The summed E-state index contributed by atoms with van der Waals surface area (Å²) < 4.78 is 18.9. The van der Waals surface area contributed by atoms with E-state index in [0.29, 0.717) is 44.0 Å². The van der Waals surface area contributed by atoms with E-state index in [0.717, 1.165) is 25.9 Å². The number of carbonyl (C=O) groups is 2. The highest BCUT2D eigenvalue weighted by Crippen LogP contribution is 2.31. The zero-order valence-corrected chi connectivity index (χ0v) is 15.6. The molecule has 0 aliphatic carbocycles. The highest BCUT2D eigenvalue weighted by Gasteiger charge is 2.33. The third kappa shape index (κ3) is 4.56. The van der Waals surface area contributed by atoms with Crippen molar-refractivity contribution in [2.45, 2.75) is 18.9 Å². The van der Waals surface area contributed by atoms with Crippen molar-refractivity contribution in [3.05, 3.63) is 29.6 Å². The van der Waals surface area contributed by atoms with E-state index in [1.807, 2.05) is 4.90 Å². The van der Waals surface area contributed by atoms with Crippen LogP contribution in [0.25, 0.3) is 0 Å². The van der Waals surface area contributed by atoms with Gasteiger partial charge in [0.25, 0.3) is 0 Å². The molecule has 0 radical (unpaired) electrons. The van der Waals surface area contributed by atoms with Crippen LogP contribution < -0.4 is 4.74 Å². The van der Waals surface area contributed by atoms with Crippen LogP contribution in [-0.4, -0.2) is 84.6 Å². The molecule has 2 saturated heterocycles. The minimum Gasteiger partial charge on any atom is -0.496 e. The highest BCUT2D eigenvalue weighted by atomic mass is 19.1. The molecule has 0 unspecified atom stereocenters. The van der Waals surface area contributed by atoms with E-state index < -0.39 is 17.8 Å². The average molecular weight is 379 g/mol. The summed E-state index contributed by atoms with van der Waals surface area (Å²) in [5.74, 6) is -1.04. The molecular weight excluding hydrogens is 353 g/mol. The predicted octanol–water partition coefficient (Wildman–Crippen LogP) is 1.20. The summed E-state index contributed by atoms with van der Waals surface area (Å²) in [5, 5.41) is 9.75. The Kier molecular flexibility index (Phi) is 6.28. The number of nitrogens with zero attached hydrogens (tertiary/aromatic N) is 3. The van der Waals surface area contributed by atoms with Gasteiger partial charge in [-0.1, -0.05) is 0 Å². The van der Waals surface area contributed by atoms with E-state index >= 15 is 0 Å². The number of ether oxygens (including phenoxy) is 1. The molecule has 2 fully saturated rings. The number of benzene rings is 1. The number of piperazine rings is 1. The molecule has 2 aliphatic heterocycles. The molecule has 2 aliphatic rings. The van der Waals surface area contributed by atoms with Crippen LogP contribution in [0.4, 0.5) is 4.39 Å². The molecule has 1 atom stereocenters. The lowest BCUT2D eigenvalue weighted by molar-refractivity contribution is -0.145. The molecule has 27 heavy (non-hydrogen) atoms. The van der Waals surface area contributed by atoms with Crippen LogP contribution in [0.3, 0.4) is 0 Å². The normalized spacial score (nSPS) is 19.9. The Morgan fingerprint density at radius 2 is 1.81 bits per heavy atom. The number of aliphatic carboxylic acids is 1. The first-order chi connectivity index (χ1) is 13.0. The van der Waals surface area contributed by atoms with Gasteiger partial charge < -0.3 is 14.7 Å². The van der Waals surface area contributed by atoms with E-state index in [1.165, 1.54) is 25.3 Å². The molecule has 1 aromatic rings. The summed E-state index contributed by atoms with van der Waals surface area (Å²) in [6.45, 7) is 4.21. The molecule has 1 amide bonds. The maximum Gasteiger partial charge on any atom is 0.325 e. The minimum absolute atomic E-state index is 0.141.